The maximum atomic E-state index is 11.4. The molecule has 9 nitrogen and oxygen atoms in total. The lowest BCUT2D eigenvalue weighted by atomic mass is 10.6. The van der Waals surface area contributed by atoms with Crippen molar-refractivity contribution in [2.75, 3.05) is 6.61 Å². The molecule has 2 aromatic heterocycles. The average molecular weight is 423 g/mol. The zero-order valence-electron chi connectivity index (χ0n) is 14.5. The van der Waals surface area contributed by atoms with Crippen LogP contribution in [0.2, 0.25) is 36.0 Å². The molecule has 3 N–H and O–H groups in total. The van der Waals surface area contributed by atoms with E-state index >= 15 is 0 Å². The largest absolute Gasteiger partial charge is 0.361 e. The van der Waals surface area contributed by atoms with Crippen LogP contribution in [0, 0.1) is 0 Å². The summed E-state index contributed by atoms with van der Waals surface area (Å²) in [7, 11) is -1.13. The van der Waals surface area contributed by atoms with Crippen LogP contribution >= 0.6 is 23.2 Å². The smallest absolute Gasteiger partial charge is 0.331 e. The Morgan fingerprint density at radius 3 is 2.12 bits per heavy atom. The Labute approximate surface area is 159 Å². The normalized spacial score (nSPS) is 11.0. The number of hydrogen-bond donors (Lipinski definition) is 3. The molecule has 0 spiro atoms. The van der Waals surface area contributed by atoms with E-state index in [1.807, 2.05) is 4.98 Å². The van der Waals surface area contributed by atoms with Crippen molar-refractivity contribution >= 4 is 31.3 Å². The first-order valence-electron chi connectivity index (χ1n) is 7.54. The molecule has 0 saturated carbocycles. The molecule has 0 unspecified atom stereocenters. The van der Waals surface area contributed by atoms with Crippen LogP contribution in [-0.4, -0.2) is 34.2 Å². The summed E-state index contributed by atoms with van der Waals surface area (Å²) in [5.41, 5.74) is -2.13. The second-order valence-corrected chi connectivity index (χ2v) is 12.9. The van der Waals surface area contributed by atoms with Crippen molar-refractivity contribution in [3.8, 4) is 0 Å². The molecule has 0 atom stereocenters. The van der Waals surface area contributed by atoms with E-state index in [4.69, 9.17) is 27.9 Å². The minimum atomic E-state index is -1.13. The van der Waals surface area contributed by atoms with E-state index < -0.39 is 30.6 Å². The molecule has 26 heavy (non-hydrogen) atoms. The summed E-state index contributed by atoms with van der Waals surface area (Å²) in [4.78, 5) is 49.3. The van der Waals surface area contributed by atoms with E-state index in [9.17, 15) is 19.2 Å². The Balaban J connectivity index is 0.000000314. The van der Waals surface area contributed by atoms with Crippen molar-refractivity contribution < 1.29 is 4.74 Å². The van der Waals surface area contributed by atoms with E-state index in [0.29, 0.717) is 6.61 Å². The van der Waals surface area contributed by atoms with Gasteiger partial charge in [-0.15, -0.1) is 0 Å². The van der Waals surface area contributed by atoms with Gasteiger partial charge in [-0.2, -0.15) is 0 Å². The highest BCUT2D eigenvalue weighted by Crippen LogP contribution is 2.08. The first-order chi connectivity index (χ1) is 12.0. The molecule has 0 aliphatic rings. The first-order valence-corrected chi connectivity index (χ1v) is 12.0. The van der Waals surface area contributed by atoms with Gasteiger partial charge in [0.15, 0.2) is 0 Å². The van der Waals surface area contributed by atoms with Crippen LogP contribution in [-0.2, 0) is 11.5 Å². The quantitative estimate of drug-likeness (QED) is 0.378. The molecule has 0 radical (unpaired) electrons. The molecule has 2 rings (SSSR count). The van der Waals surface area contributed by atoms with Crippen LogP contribution < -0.4 is 22.5 Å². The van der Waals surface area contributed by atoms with Gasteiger partial charge in [-0.1, -0.05) is 42.8 Å². The molecule has 144 valence electrons. The minimum absolute atomic E-state index is 0.0451. The lowest BCUT2D eigenvalue weighted by molar-refractivity contribution is 0.0839. The number of nitrogens with one attached hydrogen (secondary N) is 3. The molecular formula is C14H20Cl2N4O5Si. The highest BCUT2D eigenvalue weighted by molar-refractivity contribution is 6.76. The third-order valence-electron chi connectivity index (χ3n) is 2.93. The van der Waals surface area contributed by atoms with Crippen molar-refractivity contribution in [1.82, 2.24) is 19.5 Å². The molecule has 0 aliphatic heterocycles. The number of aromatic nitrogens is 4. The van der Waals surface area contributed by atoms with E-state index in [1.165, 1.54) is 4.57 Å². The van der Waals surface area contributed by atoms with Crippen molar-refractivity contribution in [2.45, 2.75) is 32.4 Å². The second kappa shape index (κ2) is 9.71. The van der Waals surface area contributed by atoms with Gasteiger partial charge in [0.1, 0.15) is 17.0 Å². The van der Waals surface area contributed by atoms with E-state index in [-0.39, 0.29) is 17.0 Å². The predicted octanol–water partition coefficient (Wildman–Crippen LogP) is 1.22. The monoisotopic (exact) mass is 422 g/mol. The number of halogens is 2. The SMILES string of the molecule is C[Si](C)(C)CCOCn1c(Cl)cc(=O)[nH]c1=O.O=c1cc(Cl)[nH]c(=O)[nH]1. The fourth-order valence-corrected chi connectivity index (χ4v) is 2.75. The summed E-state index contributed by atoms with van der Waals surface area (Å²) in [6, 6.07) is 3.26. The summed E-state index contributed by atoms with van der Waals surface area (Å²) in [5.74, 6) is 0. The summed E-state index contributed by atoms with van der Waals surface area (Å²) in [5, 5.41) is 0.135. The number of hydrogen-bond acceptors (Lipinski definition) is 5. The number of H-pyrrole nitrogens is 3. The van der Waals surface area contributed by atoms with Crippen LogP contribution in [0.25, 0.3) is 0 Å². The summed E-state index contributed by atoms with van der Waals surface area (Å²) in [6.07, 6.45) is 0. The van der Waals surface area contributed by atoms with Gasteiger partial charge >= 0.3 is 11.4 Å². The molecule has 0 fully saturated rings. The van der Waals surface area contributed by atoms with Crippen molar-refractivity contribution in [1.29, 1.82) is 0 Å². The maximum absolute atomic E-state index is 11.4. The Bertz CT molecular complexity index is 929. The zero-order chi connectivity index (χ0) is 19.9. The van der Waals surface area contributed by atoms with Gasteiger partial charge in [0.05, 0.1) is 0 Å². The van der Waals surface area contributed by atoms with Crippen LogP contribution in [0.15, 0.2) is 31.3 Å². The van der Waals surface area contributed by atoms with Crippen molar-refractivity contribution in [3.05, 3.63) is 64.1 Å². The standard InChI is InChI=1S/C10H17ClN2O3Si.C4H3ClN2O2/c1-17(2,3)5-4-16-7-13-8(11)6-9(14)12-10(13)15;5-2-1-3(8)7-4(9)6-2/h6H,4-5,7H2,1-3H3,(H,12,14,15);1H,(H2,6,7,8,9). The Kier molecular flexibility index (Phi) is 8.28. The van der Waals surface area contributed by atoms with Crippen LogP contribution in [0.1, 0.15) is 0 Å². The highest BCUT2D eigenvalue weighted by Gasteiger charge is 2.12. The Morgan fingerprint density at radius 2 is 1.62 bits per heavy atom. The van der Waals surface area contributed by atoms with Gasteiger partial charge in [-0.25, -0.2) is 9.59 Å². The molecule has 2 aromatic rings. The number of aromatic amines is 3. The summed E-state index contributed by atoms with van der Waals surface area (Å²) >= 11 is 11.0. The van der Waals surface area contributed by atoms with Crippen LogP contribution in [0.3, 0.4) is 0 Å². The van der Waals surface area contributed by atoms with E-state index in [1.54, 1.807) is 0 Å². The molecule has 12 heteroatoms. The van der Waals surface area contributed by atoms with Crippen LogP contribution in [0.4, 0.5) is 0 Å². The molecule has 2 heterocycles. The second-order valence-electron chi connectivity index (χ2n) is 6.47. The first kappa shape index (κ1) is 22.2. The van der Waals surface area contributed by atoms with Gasteiger partial charge in [0, 0.05) is 26.8 Å². The number of rotatable bonds is 5. The van der Waals surface area contributed by atoms with Gasteiger partial charge in [-0.05, 0) is 6.04 Å². The Hall–Kier alpha value is -1.88. The fraction of sp³-hybridized carbons (Fsp3) is 0.429. The number of ether oxygens (including phenoxy) is 1. The molecule has 0 aliphatic carbocycles. The maximum Gasteiger partial charge on any atom is 0.331 e. The summed E-state index contributed by atoms with van der Waals surface area (Å²) < 4.78 is 6.58. The number of nitrogens with zero attached hydrogens (tertiary/aromatic N) is 1. The molecule has 0 aromatic carbocycles. The lowest BCUT2D eigenvalue weighted by Gasteiger charge is -2.15. The minimum Gasteiger partial charge on any atom is -0.361 e. The molecule has 0 bridgehead atoms. The Morgan fingerprint density at radius 1 is 1.00 bits per heavy atom. The molecular weight excluding hydrogens is 403 g/mol. The van der Waals surface area contributed by atoms with Gasteiger partial charge in [0.25, 0.3) is 11.1 Å². The van der Waals surface area contributed by atoms with Crippen molar-refractivity contribution in [2.24, 2.45) is 0 Å². The van der Waals surface area contributed by atoms with E-state index in [0.717, 1.165) is 18.2 Å². The third kappa shape index (κ3) is 8.47. The van der Waals surface area contributed by atoms with Gasteiger partial charge in [-0.3, -0.25) is 29.1 Å². The third-order valence-corrected chi connectivity index (χ3v) is 5.15. The van der Waals surface area contributed by atoms with E-state index in [2.05, 4.69) is 29.6 Å². The highest BCUT2D eigenvalue weighted by atomic mass is 35.5. The van der Waals surface area contributed by atoms with Crippen LogP contribution in [0.5, 0.6) is 0 Å². The van der Waals surface area contributed by atoms with Gasteiger partial charge < -0.3 is 4.74 Å². The topological polar surface area (TPSA) is 130 Å². The van der Waals surface area contributed by atoms with Crippen molar-refractivity contribution in [3.63, 3.8) is 0 Å². The summed E-state index contributed by atoms with van der Waals surface area (Å²) in [6.45, 7) is 7.40. The average Bonchev–Trinajstić information content (AvgIpc) is 2.43. The predicted molar refractivity (Wildman–Crippen MR) is 103 cm³/mol. The lowest BCUT2D eigenvalue weighted by Crippen LogP contribution is -2.31. The fourth-order valence-electron chi connectivity index (χ4n) is 1.59. The molecule has 0 amide bonds. The molecule has 0 saturated heterocycles. The zero-order valence-corrected chi connectivity index (χ0v) is 17.0. The van der Waals surface area contributed by atoms with Gasteiger partial charge in [0.2, 0.25) is 0 Å².